The van der Waals surface area contributed by atoms with E-state index in [0.29, 0.717) is 0 Å². The lowest BCUT2D eigenvalue weighted by molar-refractivity contribution is -0.273. The number of aromatic hydroxyl groups is 2. The number of halogens is 6. The molecule has 0 atom stereocenters. The van der Waals surface area contributed by atoms with E-state index >= 15 is 0 Å². The first-order chi connectivity index (χ1) is 12.5. The molecule has 0 bridgehead atoms. The van der Waals surface area contributed by atoms with Gasteiger partial charge in [-0.25, -0.2) is 0 Å². The first-order valence-electron chi connectivity index (χ1n) is 7.29. The fraction of sp³-hybridized carbons (Fsp3) is 0.176. The first-order valence-corrected chi connectivity index (χ1v) is 7.29. The number of alkyl halides is 6. The number of phenolic OH excluding ortho intramolecular Hbond substituents is 2. The molecular formula is C17H10F6O4. The van der Waals surface area contributed by atoms with Crippen LogP contribution in [0.1, 0.15) is 0 Å². The Labute approximate surface area is 147 Å². The summed E-state index contributed by atoms with van der Waals surface area (Å²) in [5.41, 5.74) is 0. The maximum atomic E-state index is 14.1. The minimum Gasteiger partial charge on any atom is -0.508 e. The van der Waals surface area contributed by atoms with E-state index in [9.17, 15) is 26.3 Å². The average Bonchev–Trinajstić information content (AvgIpc) is 2.69. The van der Waals surface area contributed by atoms with Gasteiger partial charge in [-0.2, -0.15) is 26.3 Å². The minimum atomic E-state index is -5.81. The van der Waals surface area contributed by atoms with Gasteiger partial charge in [-0.15, -0.1) is 0 Å². The van der Waals surface area contributed by atoms with Gasteiger partial charge in [0, 0.05) is 0 Å². The molecule has 0 aromatic heterocycles. The maximum absolute atomic E-state index is 14.1. The molecule has 0 unspecified atom stereocenters. The van der Waals surface area contributed by atoms with Gasteiger partial charge in [-0.3, -0.25) is 0 Å². The monoisotopic (exact) mass is 392 g/mol. The highest BCUT2D eigenvalue weighted by Gasteiger charge is 2.83. The summed E-state index contributed by atoms with van der Waals surface area (Å²) in [5.74, 6) is -22.2. The second-order valence-corrected chi connectivity index (χ2v) is 5.57. The van der Waals surface area contributed by atoms with E-state index in [1.165, 1.54) is 0 Å². The molecule has 0 aliphatic heterocycles. The van der Waals surface area contributed by atoms with Crippen LogP contribution in [0.25, 0.3) is 0 Å². The summed E-state index contributed by atoms with van der Waals surface area (Å²) in [6.07, 6.45) is 0. The van der Waals surface area contributed by atoms with Gasteiger partial charge in [0.2, 0.25) is 11.5 Å². The van der Waals surface area contributed by atoms with Crippen LogP contribution in [0.2, 0.25) is 0 Å². The molecule has 0 amide bonds. The van der Waals surface area contributed by atoms with Crippen LogP contribution in [0.3, 0.4) is 0 Å². The Morgan fingerprint density at radius 3 is 1.15 bits per heavy atom. The molecular weight excluding hydrogens is 382 g/mol. The topological polar surface area (TPSA) is 58.9 Å². The van der Waals surface area contributed by atoms with Gasteiger partial charge in [-0.1, -0.05) is 0 Å². The molecule has 2 aromatic rings. The largest absolute Gasteiger partial charge is 0.508 e. The zero-order chi connectivity index (χ0) is 20.0. The molecule has 10 heteroatoms. The smallest absolute Gasteiger partial charge is 0.387 e. The number of phenols is 2. The number of benzene rings is 2. The second-order valence-electron chi connectivity index (χ2n) is 5.57. The summed E-state index contributed by atoms with van der Waals surface area (Å²) in [6, 6.07) is 7.63. The predicted molar refractivity (Wildman–Crippen MR) is 79.3 cm³/mol. The minimum absolute atomic E-state index is 0.286. The Kier molecular flexibility index (Phi) is 4.16. The molecule has 27 heavy (non-hydrogen) atoms. The molecule has 0 radical (unpaired) electrons. The van der Waals surface area contributed by atoms with Crippen molar-refractivity contribution < 1.29 is 46.0 Å². The number of rotatable bonds is 4. The molecule has 0 heterocycles. The van der Waals surface area contributed by atoms with Crippen molar-refractivity contribution in [3.8, 4) is 23.0 Å². The molecule has 4 nitrogen and oxygen atoms in total. The summed E-state index contributed by atoms with van der Waals surface area (Å²) >= 11 is 0. The van der Waals surface area contributed by atoms with Crippen LogP contribution < -0.4 is 9.47 Å². The van der Waals surface area contributed by atoms with Crippen LogP contribution in [0.4, 0.5) is 26.3 Å². The summed E-state index contributed by atoms with van der Waals surface area (Å²) in [4.78, 5) is 0. The van der Waals surface area contributed by atoms with Crippen LogP contribution in [-0.4, -0.2) is 28.0 Å². The number of allylic oxidation sites excluding steroid dienone is 2. The van der Waals surface area contributed by atoms with Crippen LogP contribution in [-0.2, 0) is 0 Å². The maximum Gasteiger partial charge on any atom is 0.387 e. The van der Waals surface area contributed by atoms with Crippen molar-refractivity contribution in [3.63, 3.8) is 0 Å². The quantitative estimate of drug-likeness (QED) is 0.742. The van der Waals surface area contributed by atoms with Gasteiger partial charge in [0.15, 0.2) is 0 Å². The van der Waals surface area contributed by atoms with Crippen molar-refractivity contribution in [3.05, 3.63) is 60.0 Å². The van der Waals surface area contributed by atoms with Crippen molar-refractivity contribution in [1.29, 1.82) is 0 Å². The molecule has 1 aliphatic carbocycles. The highest BCUT2D eigenvalue weighted by molar-refractivity contribution is 5.41. The fourth-order valence-electron chi connectivity index (χ4n) is 2.25. The van der Waals surface area contributed by atoms with Gasteiger partial charge in [0.25, 0.3) is 0 Å². The van der Waals surface area contributed by atoms with E-state index in [0.717, 1.165) is 48.5 Å². The lowest BCUT2D eigenvalue weighted by Crippen LogP contribution is -2.50. The number of ether oxygens (including phenoxy) is 2. The average molecular weight is 392 g/mol. The van der Waals surface area contributed by atoms with Crippen LogP contribution in [0.15, 0.2) is 60.0 Å². The molecule has 144 valence electrons. The molecule has 2 N–H and O–H groups in total. The number of hydrogen-bond donors (Lipinski definition) is 2. The fourth-order valence-corrected chi connectivity index (χ4v) is 2.25. The zero-order valence-electron chi connectivity index (χ0n) is 13.1. The highest BCUT2D eigenvalue weighted by atomic mass is 19.3. The van der Waals surface area contributed by atoms with E-state index in [1.807, 2.05) is 0 Å². The van der Waals surface area contributed by atoms with E-state index in [-0.39, 0.29) is 11.5 Å². The Morgan fingerprint density at radius 2 is 0.852 bits per heavy atom. The predicted octanol–water partition coefficient (Wildman–Crippen LogP) is 4.69. The number of hydrogen-bond acceptors (Lipinski definition) is 4. The SMILES string of the molecule is Oc1ccc(OC2=C(Oc3ccc(O)cc3)C(F)(F)C(F)(F)C2(F)F)cc1. The molecule has 2 aromatic carbocycles. The Balaban J connectivity index is 2.09. The van der Waals surface area contributed by atoms with Gasteiger partial charge >= 0.3 is 17.8 Å². The third kappa shape index (κ3) is 2.90. The van der Waals surface area contributed by atoms with Crippen molar-refractivity contribution in [2.75, 3.05) is 0 Å². The molecule has 0 saturated carbocycles. The molecule has 1 aliphatic rings. The Bertz CT molecular complexity index is 804. The second kappa shape index (κ2) is 6.00. The summed E-state index contributed by atoms with van der Waals surface area (Å²) in [6.45, 7) is 0. The Morgan fingerprint density at radius 1 is 0.556 bits per heavy atom. The van der Waals surface area contributed by atoms with E-state index in [1.54, 1.807) is 0 Å². The zero-order valence-corrected chi connectivity index (χ0v) is 13.1. The van der Waals surface area contributed by atoms with E-state index < -0.39 is 40.8 Å². The third-order valence-corrected chi connectivity index (χ3v) is 3.68. The summed E-state index contributed by atoms with van der Waals surface area (Å²) in [5, 5.41) is 18.3. The first kappa shape index (κ1) is 18.7. The molecule has 0 spiro atoms. The van der Waals surface area contributed by atoms with Crippen LogP contribution >= 0.6 is 0 Å². The van der Waals surface area contributed by atoms with Gasteiger partial charge in [-0.05, 0) is 48.5 Å². The van der Waals surface area contributed by atoms with Gasteiger partial charge < -0.3 is 19.7 Å². The highest BCUT2D eigenvalue weighted by Crippen LogP contribution is 2.59. The molecule has 0 saturated heterocycles. The van der Waals surface area contributed by atoms with Gasteiger partial charge in [0.1, 0.15) is 23.0 Å². The van der Waals surface area contributed by atoms with Crippen LogP contribution in [0.5, 0.6) is 23.0 Å². The molecule has 3 rings (SSSR count). The van der Waals surface area contributed by atoms with Crippen molar-refractivity contribution >= 4 is 0 Å². The van der Waals surface area contributed by atoms with E-state index in [4.69, 9.17) is 10.2 Å². The summed E-state index contributed by atoms with van der Waals surface area (Å²) < 4.78 is 93.1. The van der Waals surface area contributed by atoms with Crippen molar-refractivity contribution in [2.45, 2.75) is 17.8 Å². The van der Waals surface area contributed by atoms with Gasteiger partial charge in [0.05, 0.1) is 0 Å². The lowest BCUT2D eigenvalue weighted by atomic mass is 10.1. The van der Waals surface area contributed by atoms with E-state index in [2.05, 4.69) is 9.47 Å². The normalized spacial score (nSPS) is 19.8. The third-order valence-electron chi connectivity index (χ3n) is 3.68. The Hall–Kier alpha value is -3.04. The summed E-state index contributed by atoms with van der Waals surface area (Å²) in [7, 11) is 0. The van der Waals surface area contributed by atoms with Crippen molar-refractivity contribution in [2.24, 2.45) is 0 Å². The van der Waals surface area contributed by atoms with Crippen molar-refractivity contribution in [1.82, 2.24) is 0 Å². The molecule has 0 fully saturated rings. The lowest BCUT2D eigenvalue weighted by Gasteiger charge is -2.24. The standard InChI is InChI=1S/C17H10F6O4/c18-15(19)13(26-11-5-1-9(24)2-6-11)14(16(20,21)17(15,22)23)27-12-7-3-10(25)4-8-12/h1-8,24-25H. The van der Waals surface area contributed by atoms with Crippen LogP contribution in [0, 0.1) is 0 Å².